The number of allylic oxidation sites excluding steroid dienone is 2. The van der Waals surface area contributed by atoms with Crippen molar-refractivity contribution in [1.82, 2.24) is 9.97 Å². The third kappa shape index (κ3) is 2.30. The molecule has 0 unspecified atom stereocenters. The monoisotopic (exact) mass is 293 g/mol. The first-order valence-corrected chi connectivity index (χ1v) is 7.74. The van der Waals surface area contributed by atoms with Crippen LogP contribution in [0.25, 0.3) is 17.5 Å². The molecule has 2 aromatic rings. The number of aliphatic imine (C=N–C) groups is 1. The van der Waals surface area contributed by atoms with Gasteiger partial charge in [-0.25, -0.2) is 0 Å². The predicted octanol–water partition coefficient (Wildman–Crippen LogP) is 4.31. The Kier molecular flexibility index (Phi) is 3.22. The topological polar surface area (TPSA) is 53.2 Å². The van der Waals surface area contributed by atoms with Gasteiger partial charge in [-0.2, -0.15) is 0 Å². The average molecular weight is 293 g/mol. The van der Waals surface area contributed by atoms with E-state index in [1.54, 1.807) is 7.11 Å². The molecule has 0 spiro atoms. The second-order valence-electron chi connectivity index (χ2n) is 5.75. The van der Waals surface area contributed by atoms with E-state index < -0.39 is 0 Å². The Morgan fingerprint density at radius 3 is 2.91 bits per heavy atom. The third-order valence-electron chi connectivity index (χ3n) is 4.28. The van der Waals surface area contributed by atoms with Gasteiger partial charge < -0.3 is 14.7 Å². The van der Waals surface area contributed by atoms with Gasteiger partial charge in [-0.3, -0.25) is 4.99 Å². The summed E-state index contributed by atoms with van der Waals surface area (Å²) in [4.78, 5) is 11.4. The van der Waals surface area contributed by atoms with Gasteiger partial charge in [-0.05, 0) is 55.5 Å². The molecule has 112 valence electrons. The lowest BCUT2D eigenvalue weighted by atomic mass is 9.94. The van der Waals surface area contributed by atoms with E-state index in [9.17, 15) is 0 Å². The van der Waals surface area contributed by atoms with Crippen LogP contribution >= 0.6 is 0 Å². The fourth-order valence-electron chi connectivity index (χ4n) is 3.16. The molecule has 0 amide bonds. The number of hydrogen-bond acceptors (Lipinski definition) is 2. The highest BCUT2D eigenvalue weighted by Crippen LogP contribution is 2.32. The van der Waals surface area contributed by atoms with Crippen LogP contribution in [-0.2, 0) is 0 Å². The Morgan fingerprint density at radius 2 is 2.14 bits per heavy atom. The summed E-state index contributed by atoms with van der Waals surface area (Å²) in [5.41, 5.74) is 6.73. The van der Waals surface area contributed by atoms with Gasteiger partial charge in [-0.15, -0.1) is 0 Å². The molecule has 22 heavy (non-hydrogen) atoms. The van der Waals surface area contributed by atoms with Crippen molar-refractivity contribution in [3.05, 3.63) is 47.4 Å². The highest BCUT2D eigenvalue weighted by Gasteiger charge is 2.19. The second-order valence-corrected chi connectivity index (χ2v) is 5.75. The summed E-state index contributed by atoms with van der Waals surface area (Å²) >= 11 is 0. The molecular formula is C18H19N3O. The van der Waals surface area contributed by atoms with E-state index in [0.717, 1.165) is 41.4 Å². The molecule has 4 rings (SSSR count). The van der Waals surface area contributed by atoms with E-state index in [0.29, 0.717) is 0 Å². The van der Waals surface area contributed by atoms with Crippen molar-refractivity contribution >= 4 is 11.8 Å². The van der Waals surface area contributed by atoms with Crippen LogP contribution in [0.2, 0.25) is 0 Å². The molecule has 1 fully saturated rings. The Hall–Kier alpha value is -2.49. The van der Waals surface area contributed by atoms with E-state index >= 15 is 0 Å². The number of fused-ring (bicyclic) bond motifs is 1. The zero-order valence-electron chi connectivity index (χ0n) is 12.6. The summed E-state index contributed by atoms with van der Waals surface area (Å²) in [5, 5.41) is 0. The molecule has 2 aliphatic rings. The number of ether oxygens (including phenoxy) is 1. The minimum atomic E-state index is 0.838. The largest absolute Gasteiger partial charge is 0.494 e. The lowest BCUT2D eigenvalue weighted by molar-refractivity contribution is 0.414. The van der Waals surface area contributed by atoms with Gasteiger partial charge in [0.15, 0.2) is 0 Å². The molecule has 4 nitrogen and oxygen atoms in total. The Balaban J connectivity index is 1.70. The van der Waals surface area contributed by atoms with Crippen LogP contribution in [0.3, 0.4) is 0 Å². The molecule has 1 aliphatic carbocycles. The van der Waals surface area contributed by atoms with E-state index in [2.05, 4.69) is 22.1 Å². The maximum Gasteiger partial charge on any atom is 0.144 e. The SMILES string of the molecule is COc1cc(-c2ccc[nH]2)[nH]c1/C=C1/C=C2CCCCC2=N1. The molecule has 2 N–H and O–H groups in total. The molecule has 0 radical (unpaired) electrons. The van der Waals surface area contributed by atoms with E-state index in [4.69, 9.17) is 9.73 Å². The number of rotatable bonds is 3. The quantitative estimate of drug-likeness (QED) is 0.870. The molecule has 0 saturated heterocycles. The molecule has 1 saturated carbocycles. The normalized spacial score (nSPS) is 19.0. The lowest BCUT2D eigenvalue weighted by Gasteiger charge is -2.11. The maximum atomic E-state index is 5.49. The minimum absolute atomic E-state index is 0.838. The molecule has 2 aromatic heterocycles. The van der Waals surface area contributed by atoms with Gasteiger partial charge in [0.25, 0.3) is 0 Å². The van der Waals surface area contributed by atoms with Crippen LogP contribution in [0.1, 0.15) is 31.4 Å². The summed E-state index contributed by atoms with van der Waals surface area (Å²) in [5.74, 6) is 0.838. The van der Waals surface area contributed by atoms with Crippen molar-refractivity contribution in [2.24, 2.45) is 4.99 Å². The smallest absolute Gasteiger partial charge is 0.144 e. The van der Waals surface area contributed by atoms with Crippen LogP contribution in [0.5, 0.6) is 5.75 Å². The highest BCUT2D eigenvalue weighted by atomic mass is 16.5. The highest BCUT2D eigenvalue weighted by molar-refractivity contribution is 6.04. The first-order valence-electron chi connectivity index (χ1n) is 7.74. The molecule has 0 atom stereocenters. The average Bonchev–Trinajstić information content (AvgIpc) is 3.26. The summed E-state index contributed by atoms with van der Waals surface area (Å²) in [6, 6.07) is 6.04. The van der Waals surface area contributed by atoms with Crippen molar-refractivity contribution in [3.8, 4) is 17.1 Å². The van der Waals surface area contributed by atoms with Gasteiger partial charge in [-0.1, -0.05) is 0 Å². The van der Waals surface area contributed by atoms with E-state index in [-0.39, 0.29) is 0 Å². The second kappa shape index (κ2) is 5.37. The van der Waals surface area contributed by atoms with Crippen molar-refractivity contribution in [1.29, 1.82) is 0 Å². The zero-order chi connectivity index (χ0) is 14.9. The van der Waals surface area contributed by atoms with Crippen LogP contribution in [0.4, 0.5) is 0 Å². The maximum absolute atomic E-state index is 5.49. The number of nitrogens with one attached hydrogen (secondary N) is 2. The number of aromatic nitrogens is 2. The molecular weight excluding hydrogens is 274 g/mol. The molecule has 0 bridgehead atoms. The minimum Gasteiger partial charge on any atom is -0.494 e. The Morgan fingerprint density at radius 1 is 1.23 bits per heavy atom. The number of H-pyrrole nitrogens is 2. The van der Waals surface area contributed by atoms with Crippen molar-refractivity contribution in [3.63, 3.8) is 0 Å². The first kappa shape index (κ1) is 13.2. The molecule has 1 aliphatic heterocycles. The van der Waals surface area contributed by atoms with Crippen LogP contribution in [0.15, 0.2) is 46.7 Å². The van der Waals surface area contributed by atoms with Gasteiger partial charge >= 0.3 is 0 Å². The fraction of sp³-hybridized carbons (Fsp3) is 0.278. The van der Waals surface area contributed by atoms with Gasteiger partial charge in [0, 0.05) is 18.0 Å². The summed E-state index contributed by atoms with van der Waals surface area (Å²) < 4.78 is 5.49. The van der Waals surface area contributed by atoms with Gasteiger partial charge in [0.1, 0.15) is 5.75 Å². The molecule has 3 heterocycles. The third-order valence-corrected chi connectivity index (χ3v) is 4.28. The molecule has 4 heteroatoms. The standard InChI is InChI=1S/C18H19N3O/c1-22-18-11-16(15-7-4-8-19-15)21-17(18)10-13-9-12-5-2-3-6-14(12)20-13/h4,7-11,19,21H,2-3,5-6H2,1H3/b13-10-. The van der Waals surface area contributed by atoms with Crippen LogP contribution in [0, 0.1) is 0 Å². The number of nitrogens with zero attached hydrogens (tertiary/aromatic N) is 1. The first-order chi connectivity index (χ1) is 10.8. The van der Waals surface area contributed by atoms with Crippen molar-refractivity contribution in [2.45, 2.75) is 25.7 Å². The fourth-order valence-corrected chi connectivity index (χ4v) is 3.16. The van der Waals surface area contributed by atoms with Crippen molar-refractivity contribution in [2.75, 3.05) is 7.11 Å². The summed E-state index contributed by atoms with van der Waals surface area (Å²) in [6.07, 6.45) is 11.0. The Bertz CT molecular complexity index is 751. The summed E-state index contributed by atoms with van der Waals surface area (Å²) in [6.45, 7) is 0. The number of methoxy groups -OCH3 is 1. The zero-order valence-corrected chi connectivity index (χ0v) is 12.6. The summed E-state index contributed by atoms with van der Waals surface area (Å²) in [7, 11) is 1.70. The van der Waals surface area contributed by atoms with E-state index in [1.165, 1.54) is 24.1 Å². The van der Waals surface area contributed by atoms with Crippen molar-refractivity contribution < 1.29 is 4.74 Å². The van der Waals surface area contributed by atoms with E-state index in [1.807, 2.05) is 24.4 Å². The predicted molar refractivity (Wildman–Crippen MR) is 89.1 cm³/mol. The lowest BCUT2D eigenvalue weighted by Crippen LogP contribution is -2.05. The number of hydrogen-bond donors (Lipinski definition) is 2. The number of aromatic amines is 2. The molecule has 0 aromatic carbocycles. The van der Waals surface area contributed by atoms with Crippen LogP contribution < -0.4 is 4.74 Å². The Labute approximate surface area is 129 Å². The van der Waals surface area contributed by atoms with Gasteiger partial charge in [0.05, 0.1) is 29.9 Å². The van der Waals surface area contributed by atoms with Crippen LogP contribution in [-0.4, -0.2) is 22.8 Å². The van der Waals surface area contributed by atoms with Gasteiger partial charge in [0.2, 0.25) is 0 Å².